The number of nitrogens with one attached hydrogen (secondary N) is 1. The van der Waals surface area contributed by atoms with E-state index in [1.807, 2.05) is 13.0 Å². The number of anilines is 1. The molecule has 6 heteroatoms. The Balaban J connectivity index is 1.80. The Morgan fingerprint density at radius 1 is 1.04 bits per heavy atom. The molecule has 0 bridgehead atoms. The first-order valence-electron chi connectivity index (χ1n) is 7.86. The number of sulfonamides is 1. The highest BCUT2D eigenvalue weighted by Gasteiger charge is 2.22. The first kappa shape index (κ1) is 16.5. The number of carbonyl (C=O) groups is 1. The summed E-state index contributed by atoms with van der Waals surface area (Å²) in [6.07, 6.45) is 1.04. The molecule has 0 saturated carbocycles. The largest absolute Gasteiger partial charge is 0.339 e. The second kappa shape index (κ2) is 6.28. The van der Waals surface area contributed by atoms with Crippen molar-refractivity contribution >= 4 is 21.6 Å². The van der Waals surface area contributed by atoms with Gasteiger partial charge in [-0.15, -0.1) is 0 Å². The topological polar surface area (TPSA) is 66.5 Å². The molecule has 1 N–H and O–H groups in total. The molecule has 5 nitrogen and oxygen atoms in total. The number of hydrogen-bond acceptors (Lipinski definition) is 3. The monoisotopic (exact) mass is 344 g/mol. The lowest BCUT2D eigenvalue weighted by Gasteiger charge is -2.30. The van der Waals surface area contributed by atoms with E-state index in [1.165, 1.54) is 0 Å². The fourth-order valence-electron chi connectivity index (χ4n) is 2.59. The number of benzene rings is 2. The maximum absolute atomic E-state index is 12.6. The summed E-state index contributed by atoms with van der Waals surface area (Å²) in [7, 11) is -3.65. The van der Waals surface area contributed by atoms with Gasteiger partial charge in [-0.3, -0.25) is 9.52 Å². The Morgan fingerprint density at radius 3 is 2.29 bits per heavy atom. The minimum Gasteiger partial charge on any atom is -0.339 e. The van der Waals surface area contributed by atoms with E-state index in [0.717, 1.165) is 25.1 Å². The molecule has 0 aliphatic carbocycles. The van der Waals surface area contributed by atoms with Crippen molar-refractivity contribution in [3.05, 3.63) is 59.2 Å². The van der Waals surface area contributed by atoms with Gasteiger partial charge in [-0.2, -0.15) is 0 Å². The molecule has 0 radical (unpaired) electrons. The van der Waals surface area contributed by atoms with Gasteiger partial charge < -0.3 is 4.90 Å². The Labute approximate surface area is 142 Å². The zero-order valence-electron chi connectivity index (χ0n) is 13.7. The van der Waals surface area contributed by atoms with Crippen molar-refractivity contribution < 1.29 is 13.2 Å². The molecule has 2 aromatic rings. The summed E-state index contributed by atoms with van der Waals surface area (Å²) in [5.74, 6) is -0.00909. The number of carbonyl (C=O) groups excluding carboxylic acids is 1. The maximum atomic E-state index is 12.6. The number of hydrogen-bond donors (Lipinski definition) is 1. The van der Waals surface area contributed by atoms with Crippen molar-refractivity contribution in [3.63, 3.8) is 0 Å². The third-order valence-electron chi connectivity index (χ3n) is 4.16. The fraction of sp³-hybridized carbons (Fsp3) is 0.278. The van der Waals surface area contributed by atoms with Crippen molar-refractivity contribution in [3.8, 4) is 0 Å². The maximum Gasteiger partial charge on any atom is 0.262 e. The van der Waals surface area contributed by atoms with Crippen LogP contribution in [0.25, 0.3) is 0 Å². The number of amides is 1. The van der Waals surface area contributed by atoms with E-state index in [0.29, 0.717) is 16.8 Å². The van der Waals surface area contributed by atoms with Gasteiger partial charge >= 0.3 is 0 Å². The van der Waals surface area contributed by atoms with Crippen molar-refractivity contribution in [1.82, 2.24) is 4.90 Å². The van der Waals surface area contributed by atoms with Crippen LogP contribution >= 0.6 is 0 Å². The molecule has 1 amide bonds. The summed E-state index contributed by atoms with van der Waals surface area (Å²) < 4.78 is 27.7. The molecule has 1 heterocycles. The summed E-state index contributed by atoms with van der Waals surface area (Å²) in [5, 5.41) is 0. The molecule has 1 aliphatic rings. The average molecular weight is 344 g/mol. The molecule has 0 spiro atoms. The van der Waals surface area contributed by atoms with Gasteiger partial charge in [0, 0.05) is 24.3 Å². The van der Waals surface area contributed by atoms with Crippen LogP contribution in [0.15, 0.2) is 47.4 Å². The number of aryl methyl sites for hydroxylation is 2. The van der Waals surface area contributed by atoms with E-state index in [9.17, 15) is 13.2 Å². The summed E-state index contributed by atoms with van der Waals surface area (Å²) in [5.41, 5.74) is 2.59. The van der Waals surface area contributed by atoms with E-state index in [4.69, 9.17) is 0 Å². The minimum atomic E-state index is -3.65. The zero-order valence-corrected chi connectivity index (χ0v) is 14.6. The molecule has 1 saturated heterocycles. The lowest BCUT2D eigenvalue weighted by Crippen LogP contribution is -2.41. The molecule has 0 unspecified atom stereocenters. The minimum absolute atomic E-state index is 0.00909. The predicted molar refractivity (Wildman–Crippen MR) is 93.7 cm³/mol. The quantitative estimate of drug-likeness (QED) is 0.927. The highest BCUT2D eigenvalue weighted by atomic mass is 32.2. The van der Waals surface area contributed by atoms with Crippen molar-refractivity contribution in [1.29, 1.82) is 0 Å². The van der Waals surface area contributed by atoms with Crippen LogP contribution in [-0.4, -0.2) is 32.3 Å². The van der Waals surface area contributed by atoms with E-state index >= 15 is 0 Å². The van der Waals surface area contributed by atoms with Crippen molar-refractivity contribution in [2.45, 2.75) is 25.2 Å². The first-order chi connectivity index (χ1) is 11.4. The average Bonchev–Trinajstić information content (AvgIpc) is 2.48. The molecule has 3 rings (SSSR count). The molecule has 1 fully saturated rings. The molecular weight excluding hydrogens is 324 g/mol. The lowest BCUT2D eigenvalue weighted by molar-refractivity contribution is 0.0652. The van der Waals surface area contributed by atoms with Crippen LogP contribution in [0.4, 0.5) is 5.69 Å². The van der Waals surface area contributed by atoms with Gasteiger partial charge in [0.25, 0.3) is 15.9 Å². The molecule has 0 aromatic heterocycles. The molecule has 24 heavy (non-hydrogen) atoms. The number of nitrogens with zero attached hydrogens (tertiary/aromatic N) is 1. The summed E-state index contributed by atoms with van der Waals surface area (Å²) in [4.78, 5) is 14.2. The Bertz CT molecular complexity index is 870. The van der Waals surface area contributed by atoms with Crippen LogP contribution in [0.2, 0.25) is 0 Å². The third-order valence-corrected chi connectivity index (χ3v) is 5.68. The standard InChI is InChI=1S/C18H20N2O3S/c1-13-4-5-14(2)17(12-13)24(22,23)19-16-8-6-15(7-9-16)18(21)20-10-3-11-20/h4-9,12,19H,3,10-11H2,1-2H3. The van der Waals surface area contributed by atoms with Crippen LogP contribution < -0.4 is 4.72 Å². The highest BCUT2D eigenvalue weighted by Crippen LogP contribution is 2.21. The molecule has 0 atom stereocenters. The van der Waals surface area contributed by atoms with Gasteiger partial charge in [0.1, 0.15) is 0 Å². The highest BCUT2D eigenvalue weighted by molar-refractivity contribution is 7.92. The van der Waals surface area contributed by atoms with E-state index in [1.54, 1.807) is 48.2 Å². The third kappa shape index (κ3) is 3.28. The SMILES string of the molecule is Cc1ccc(C)c(S(=O)(=O)Nc2ccc(C(=O)N3CCC3)cc2)c1. The van der Waals surface area contributed by atoms with Crippen molar-refractivity contribution in [2.75, 3.05) is 17.8 Å². The summed E-state index contributed by atoms with van der Waals surface area (Å²) in [6.45, 7) is 5.21. The molecule has 2 aromatic carbocycles. The van der Waals surface area contributed by atoms with E-state index in [-0.39, 0.29) is 10.8 Å². The predicted octanol–water partition coefficient (Wildman–Crippen LogP) is 2.95. The van der Waals surface area contributed by atoms with Gasteiger partial charge in [0.2, 0.25) is 0 Å². The fourth-order valence-corrected chi connectivity index (χ4v) is 3.98. The molecule has 1 aliphatic heterocycles. The first-order valence-corrected chi connectivity index (χ1v) is 9.34. The van der Waals surface area contributed by atoms with Gasteiger partial charge in [-0.1, -0.05) is 12.1 Å². The summed E-state index contributed by atoms with van der Waals surface area (Å²) in [6, 6.07) is 11.9. The molecule has 126 valence electrons. The number of rotatable bonds is 4. The normalized spacial score (nSPS) is 14.2. The Hall–Kier alpha value is -2.34. The van der Waals surface area contributed by atoms with E-state index < -0.39 is 10.0 Å². The van der Waals surface area contributed by atoms with Gasteiger partial charge in [0.15, 0.2) is 0 Å². The smallest absolute Gasteiger partial charge is 0.262 e. The van der Waals surface area contributed by atoms with Crippen LogP contribution in [0.5, 0.6) is 0 Å². The van der Waals surface area contributed by atoms with Gasteiger partial charge in [-0.25, -0.2) is 8.42 Å². The van der Waals surface area contributed by atoms with Crippen LogP contribution in [0, 0.1) is 13.8 Å². The van der Waals surface area contributed by atoms with E-state index in [2.05, 4.69) is 4.72 Å². The Morgan fingerprint density at radius 2 is 1.71 bits per heavy atom. The van der Waals surface area contributed by atoms with Crippen LogP contribution in [0.1, 0.15) is 27.9 Å². The second-order valence-electron chi connectivity index (χ2n) is 6.10. The van der Waals surface area contributed by atoms with Gasteiger partial charge in [0.05, 0.1) is 4.90 Å². The van der Waals surface area contributed by atoms with Gasteiger partial charge in [-0.05, 0) is 61.7 Å². The second-order valence-corrected chi connectivity index (χ2v) is 7.75. The van der Waals surface area contributed by atoms with Crippen molar-refractivity contribution in [2.24, 2.45) is 0 Å². The lowest BCUT2D eigenvalue weighted by atomic mass is 10.1. The van der Waals surface area contributed by atoms with Crippen LogP contribution in [-0.2, 0) is 10.0 Å². The summed E-state index contributed by atoms with van der Waals surface area (Å²) >= 11 is 0. The van der Waals surface area contributed by atoms with Crippen LogP contribution in [0.3, 0.4) is 0 Å². The molecular formula is C18H20N2O3S. The zero-order chi connectivity index (χ0) is 17.3. The number of likely N-dealkylation sites (tertiary alicyclic amines) is 1. The Kier molecular flexibility index (Phi) is 4.32.